The lowest BCUT2D eigenvalue weighted by Crippen LogP contribution is -2.26. The fraction of sp³-hybridized carbons (Fsp3) is 0.583. The van der Waals surface area contributed by atoms with Gasteiger partial charge in [-0.15, -0.1) is 0 Å². The summed E-state index contributed by atoms with van der Waals surface area (Å²) in [6.07, 6.45) is 1.65. The van der Waals surface area contributed by atoms with E-state index in [2.05, 4.69) is 15.6 Å². The number of nitrogens with one attached hydrogen (secondary N) is 2. The van der Waals surface area contributed by atoms with E-state index in [1.807, 2.05) is 13.1 Å². The molecule has 0 aliphatic heterocycles. The quantitative estimate of drug-likeness (QED) is 0.752. The molecular formula is C12H20ClN3O2. The highest BCUT2D eigenvalue weighted by atomic mass is 35.5. The van der Waals surface area contributed by atoms with Crippen molar-refractivity contribution in [3.63, 3.8) is 0 Å². The Morgan fingerprint density at radius 1 is 1.44 bits per heavy atom. The first kappa shape index (κ1) is 15.2. The first-order chi connectivity index (χ1) is 8.71. The molecule has 5 nitrogen and oxygen atoms in total. The van der Waals surface area contributed by atoms with Crippen molar-refractivity contribution in [2.75, 3.05) is 39.7 Å². The summed E-state index contributed by atoms with van der Waals surface area (Å²) in [4.78, 5) is 4.22. The average Bonchev–Trinajstić information content (AvgIpc) is 2.38. The molecule has 1 aromatic heterocycles. The van der Waals surface area contributed by atoms with Crippen LogP contribution in [0.2, 0.25) is 5.02 Å². The minimum absolute atomic E-state index is 0.000211. The molecule has 6 heteroatoms. The third-order valence-electron chi connectivity index (χ3n) is 2.50. The van der Waals surface area contributed by atoms with Crippen molar-refractivity contribution >= 4 is 17.4 Å². The van der Waals surface area contributed by atoms with Gasteiger partial charge >= 0.3 is 0 Å². The predicted molar refractivity (Wildman–Crippen MR) is 73.2 cm³/mol. The van der Waals surface area contributed by atoms with Crippen LogP contribution in [0.1, 0.15) is 5.56 Å². The Morgan fingerprint density at radius 3 is 2.83 bits per heavy atom. The highest BCUT2D eigenvalue weighted by Gasteiger charge is 2.08. The predicted octanol–water partition coefficient (Wildman–Crippen LogP) is 1.53. The van der Waals surface area contributed by atoms with E-state index in [0.717, 1.165) is 11.4 Å². The molecule has 0 amide bonds. The lowest BCUT2D eigenvalue weighted by atomic mass is 10.2. The van der Waals surface area contributed by atoms with Gasteiger partial charge in [-0.05, 0) is 18.7 Å². The summed E-state index contributed by atoms with van der Waals surface area (Å²) < 4.78 is 10.3. The number of anilines is 1. The molecule has 1 rings (SSSR count). The van der Waals surface area contributed by atoms with Crippen molar-refractivity contribution < 1.29 is 9.47 Å². The molecule has 0 fully saturated rings. The van der Waals surface area contributed by atoms with E-state index in [1.54, 1.807) is 20.4 Å². The molecular weight excluding hydrogens is 254 g/mol. The second-order valence-corrected chi connectivity index (χ2v) is 4.29. The van der Waals surface area contributed by atoms with Gasteiger partial charge in [0.15, 0.2) is 0 Å². The summed E-state index contributed by atoms with van der Waals surface area (Å²) in [6.45, 7) is 1.89. The van der Waals surface area contributed by atoms with Crippen molar-refractivity contribution in [1.29, 1.82) is 0 Å². The molecule has 2 N–H and O–H groups in total. The van der Waals surface area contributed by atoms with E-state index >= 15 is 0 Å². The summed E-state index contributed by atoms with van der Waals surface area (Å²) >= 11 is 6.04. The second kappa shape index (κ2) is 8.26. The number of rotatable bonds is 8. The van der Waals surface area contributed by atoms with Crippen LogP contribution in [0.5, 0.6) is 0 Å². The third-order valence-corrected chi connectivity index (χ3v) is 2.84. The maximum Gasteiger partial charge on any atom is 0.126 e. The Balaban J connectivity index is 2.58. The van der Waals surface area contributed by atoms with Crippen LogP contribution in [-0.2, 0) is 16.0 Å². The Kier molecular flexibility index (Phi) is 6.97. The summed E-state index contributed by atoms with van der Waals surface area (Å²) in [7, 11) is 5.19. The van der Waals surface area contributed by atoms with E-state index in [0.29, 0.717) is 24.7 Å². The highest BCUT2D eigenvalue weighted by Crippen LogP contribution is 2.17. The van der Waals surface area contributed by atoms with E-state index in [4.69, 9.17) is 21.1 Å². The average molecular weight is 274 g/mol. The van der Waals surface area contributed by atoms with Crippen LogP contribution in [0.4, 0.5) is 5.82 Å². The molecule has 0 aliphatic rings. The number of ether oxygens (including phenoxy) is 2. The van der Waals surface area contributed by atoms with Crippen LogP contribution in [0, 0.1) is 0 Å². The second-order valence-electron chi connectivity index (χ2n) is 3.89. The molecule has 0 saturated carbocycles. The van der Waals surface area contributed by atoms with Crippen LogP contribution in [0.15, 0.2) is 12.3 Å². The maximum absolute atomic E-state index is 6.04. The summed E-state index contributed by atoms with van der Waals surface area (Å²) in [6, 6.07) is 1.93. The van der Waals surface area contributed by atoms with Gasteiger partial charge in [0.05, 0.1) is 17.7 Å². The van der Waals surface area contributed by atoms with Gasteiger partial charge in [-0.1, -0.05) is 11.6 Å². The molecule has 0 aliphatic carbocycles. The number of nitrogens with zero attached hydrogens (tertiary/aromatic N) is 1. The number of pyridine rings is 1. The van der Waals surface area contributed by atoms with Gasteiger partial charge in [-0.2, -0.15) is 0 Å². The Morgan fingerprint density at radius 2 is 2.22 bits per heavy atom. The van der Waals surface area contributed by atoms with Gasteiger partial charge in [0.1, 0.15) is 5.82 Å². The fourth-order valence-electron chi connectivity index (χ4n) is 1.52. The molecule has 1 heterocycles. The van der Waals surface area contributed by atoms with E-state index in [-0.39, 0.29) is 6.10 Å². The normalized spacial score (nSPS) is 12.4. The zero-order valence-corrected chi connectivity index (χ0v) is 11.8. The van der Waals surface area contributed by atoms with Crippen molar-refractivity contribution in [1.82, 2.24) is 10.3 Å². The van der Waals surface area contributed by atoms with Gasteiger partial charge < -0.3 is 20.1 Å². The van der Waals surface area contributed by atoms with Crippen molar-refractivity contribution in [2.24, 2.45) is 0 Å². The number of hydrogen-bond donors (Lipinski definition) is 2. The van der Waals surface area contributed by atoms with Gasteiger partial charge in [0.25, 0.3) is 0 Å². The molecule has 0 spiro atoms. The number of halogens is 1. The third kappa shape index (κ3) is 4.78. The summed E-state index contributed by atoms with van der Waals surface area (Å²) in [5.41, 5.74) is 1.01. The standard InChI is InChI=1S/C12H20ClN3O2/c1-14-5-9-4-12(16-7-11(9)13)15-6-10(18-3)8-17-2/h4,7,10,14H,5-6,8H2,1-3H3,(H,15,16). The molecule has 0 aromatic carbocycles. The van der Waals surface area contributed by atoms with Crippen molar-refractivity contribution in [2.45, 2.75) is 12.6 Å². The topological polar surface area (TPSA) is 55.4 Å². The monoisotopic (exact) mass is 273 g/mol. The SMILES string of the molecule is CNCc1cc(NCC(COC)OC)ncc1Cl. The minimum atomic E-state index is 0.000211. The molecule has 1 atom stereocenters. The van der Waals surface area contributed by atoms with Crippen molar-refractivity contribution in [3.05, 3.63) is 22.8 Å². The van der Waals surface area contributed by atoms with Crippen LogP contribution >= 0.6 is 11.6 Å². The largest absolute Gasteiger partial charge is 0.382 e. The zero-order chi connectivity index (χ0) is 13.4. The molecule has 0 saturated heterocycles. The van der Waals surface area contributed by atoms with Crippen LogP contribution in [0.25, 0.3) is 0 Å². The smallest absolute Gasteiger partial charge is 0.126 e. The molecule has 1 aromatic rings. The number of methoxy groups -OCH3 is 2. The van der Waals surface area contributed by atoms with Crippen LogP contribution in [-0.4, -0.2) is 45.5 Å². The summed E-state index contributed by atoms with van der Waals surface area (Å²) in [5, 5.41) is 6.93. The molecule has 0 radical (unpaired) electrons. The minimum Gasteiger partial charge on any atom is -0.382 e. The van der Waals surface area contributed by atoms with Gasteiger partial charge in [-0.3, -0.25) is 0 Å². The summed E-state index contributed by atoms with van der Waals surface area (Å²) in [5.74, 6) is 0.780. The highest BCUT2D eigenvalue weighted by molar-refractivity contribution is 6.31. The van der Waals surface area contributed by atoms with Crippen LogP contribution < -0.4 is 10.6 Å². The first-order valence-corrected chi connectivity index (χ1v) is 6.13. The maximum atomic E-state index is 6.04. The van der Waals surface area contributed by atoms with E-state index < -0.39 is 0 Å². The molecule has 102 valence electrons. The number of aromatic nitrogens is 1. The van der Waals surface area contributed by atoms with Crippen LogP contribution in [0.3, 0.4) is 0 Å². The first-order valence-electron chi connectivity index (χ1n) is 5.75. The Bertz CT molecular complexity index is 363. The Labute approximate surface area is 113 Å². The zero-order valence-electron chi connectivity index (χ0n) is 11.0. The van der Waals surface area contributed by atoms with Crippen molar-refractivity contribution in [3.8, 4) is 0 Å². The van der Waals surface area contributed by atoms with Gasteiger partial charge in [0, 0.05) is 33.5 Å². The fourth-order valence-corrected chi connectivity index (χ4v) is 1.69. The molecule has 1 unspecified atom stereocenters. The number of hydrogen-bond acceptors (Lipinski definition) is 5. The Hall–Kier alpha value is -0.880. The lowest BCUT2D eigenvalue weighted by molar-refractivity contribution is 0.0365. The molecule has 0 bridgehead atoms. The lowest BCUT2D eigenvalue weighted by Gasteiger charge is -2.16. The van der Waals surface area contributed by atoms with E-state index in [9.17, 15) is 0 Å². The van der Waals surface area contributed by atoms with Gasteiger partial charge in [-0.25, -0.2) is 4.98 Å². The van der Waals surface area contributed by atoms with Gasteiger partial charge in [0.2, 0.25) is 0 Å². The molecule has 18 heavy (non-hydrogen) atoms. The van der Waals surface area contributed by atoms with E-state index in [1.165, 1.54) is 0 Å².